The predicted molar refractivity (Wildman–Crippen MR) is 93.6 cm³/mol. The summed E-state index contributed by atoms with van der Waals surface area (Å²) in [5.74, 6) is -0.449. The molecule has 1 amide bonds. The fourth-order valence-electron chi connectivity index (χ4n) is 2.57. The molecular formula is C17H19ClN4O. The molecule has 0 unspecified atom stereocenters. The van der Waals surface area contributed by atoms with E-state index in [0.717, 1.165) is 11.3 Å². The topological polar surface area (TPSA) is 68.5 Å². The van der Waals surface area contributed by atoms with Crippen molar-refractivity contribution in [3.63, 3.8) is 0 Å². The van der Waals surface area contributed by atoms with Crippen LogP contribution in [0.2, 0.25) is 5.02 Å². The molecule has 0 saturated carbocycles. The van der Waals surface area contributed by atoms with Crippen LogP contribution in [-0.2, 0) is 4.79 Å². The summed E-state index contributed by atoms with van der Waals surface area (Å²) in [7, 11) is 2.04. The quantitative estimate of drug-likeness (QED) is 0.682. The van der Waals surface area contributed by atoms with Crippen LogP contribution in [0, 0.1) is 11.3 Å². The summed E-state index contributed by atoms with van der Waals surface area (Å²) < 4.78 is 0. The lowest BCUT2D eigenvalue weighted by Crippen LogP contribution is -2.42. The Balaban J connectivity index is 2.33. The number of hydrogen-bond acceptors (Lipinski definition) is 4. The van der Waals surface area contributed by atoms with Gasteiger partial charge in [0.2, 0.25) is 0 Å². The van der Waals surface area contributed by atoms with Crippen molar-refractivity contribution in [2.24, 2.45) is 5.10 Å². The summed E-state index contributed by atoms with van der Waals surface area (Å²) in [6.45, 7) is 6.36. The Morgan fingerprint density at radius 1 is 1.52 bits per heavy atom. The number of allylic oxidation sites excluding steroid dienone is 1. The number of amides is 1. The number of fused-ring (bicyclic) bond motifs is 1. The number of anilines is 1. The molecule has 0 fully saturated rings. The molecule has 1 aliphatic heterocycles. The van der Waals surface area contributed by atoms with Gasteiger partial charge in [-0.3, -0.25) is 4.79 Å². The summed E-state index contributed by atoms with van der Waals surface area (Å²) in [5, 5.41) is 12.8. The van der Waals surface area contributed by atoms with E-state index in [-0.39, 0.29) is 12.0 Å². The van der Waals surface area contributed by atoms with Crippen molar-refractivity contribution in [3.8, 4) is 6.07 Å². The lowest BCUT2D eigenvalue weighted by molar-refractivity contribution is -0.120. The number of hydrogen-bond donors (Lipinski definition) is 1. The average molecular weight is 331 g/mol. The molecular weight excluding hydrogens is 312 g/mol. The first kappa shape index (κ1) is 17.0. The normalized spacial score (nSPS) is 15.8. The van der Waals surface area contributed by atoms with Gasteiger partial charge in [0.25, 0.3) is 5.91 Å². The van der Waals surface area contributed by atoms with Gasteiger partial charge in [-0.05, 0) is 38.5 Å². The molecule has 1 aromatic rings. The number of likely N-dealkylation sites (N-methyl/N-ethyl adjacent to an activating group) is 1. The van der Waals surface area contributed by atoms with Gasteiger partial charge >= 0.3 is 0 Å². The van der Waals surface area contributed by atoms with E-state index in [1.165, 1.54) is 11.8 Å². The number of benzene rings is 1. The van der Waals surface area contributed by atoms with Crippen LogP contribution in [0.1, 0.15) is 38.3 Å². The number of hydrazone groups is 1. The highest BCUT2D eigenvalue weighted by molar-refractivity contribution is 6.33. The summed E-state index contributed by atoms with van der Waals surface area (Å²) >= 11 is 6.34. The van der Waals surface area contributed by atoms with Crippen molar-refractivity contribution < 1.29 is 4.79 Å². The molecule has 1 aliphatic rings. The number of nitrogens with one attached hydrogen (secondary N) is 1. The van der Waals surface area contributed by atoms with Crippen LogP contribution in [0.15, 0.2) is 23.3 Å². The molecule has 0 atom stereocenters. The van der Waals surface area contributed by atoms with Crippen molar-refractivity contribution in [1.29, 1.82) is 5.26 Å². The fourth-order valence-corrected chi connectivity index (χ4v) is 2.78. The summed E-state index contributed by atoms with van der Waals surface area (Å²) in [4.78, 5) is 13.4. The SMILES string of the molecule is CC1=CC(C)(C)N(C)c2cc(Cl)c(/C=N\NC(=O)CC#N)cc21. The van der Waals surface area contributed by atoms with E-state index in [0.29, 0.717) is 10.6 Å². The van der Waals surface area contributed by atoms with Crippen LogP contribution in [0.5, 0.6) is 0 Å². The minimum Gasteiger partial charge on any atom is -0.365 e. The van der Waals surface area contributed by atoms with Crippen LogP contribution in [-0.4, -0.2) is 24.7 Å². The average Bonchev–Trinajstić information content (AvgIpc) is 2.46. The second-order valence-electron chi connectivity index (χ2n) is 6.06. The zero-order valence-corrected chi connectivity index (χ0v) is 14.4. The van der Waals surface area contributed by atoms with Crippen molar-refractivity contribution in [2.75, 3.05) is 11.9 Å². The monoisotopic (exact) mass is 330 g/mol. The maximum Gasteiger partial charge on any atom is 0.254 e. The zero-order chi connectivity index (χ0) is 17.2. The fraction of sp³-hybridized carbons (Fsp3) is 0.353. The van der Waals surface area contributed by atoms with Crippen LogP contribution < -0.4 is 10.3 Å². The van der Waals surface area contributed by atoms with Gasteiger partial charge in [0.1, 0.15) is 6.42 Å². The molecule has 6 heteroatoms. The van der Waals surface area contributed by atoms with E-state index in [1.54, 1.807) is 6.07 Å². The second kappa shape index (κ2) is 6.43. The third kappa shape index (κ3) is 3.54. The number of nitrogens with zero attached hydrogens (tertiary/aromatic N) is 3. The Kier molecular flexibility index (Phi) is 4.76. The molecule has 120 valence electrons. The maximum atomic E-state index is 11.2. The standard InChI is InChI=1S/C17H19ClN4O/c1-11-9-17(2,3)22(4)15-8-14(18)12(7-13(11)15)10-20-21-16(23)5-6-19/h7-10H,5H2,1-4H3,(H,21,23)/b20-10-. The van der Waals surface area contributed by atoms with Crippen molar-refractivity contribution in [1.82, 2.24) is 5.43 Å². The molecule has 0 spiro atoms. The molecule has 5 nitrogen and oxygen atoms in total. The molecule has 0 aliphatic carbocycles. The van der Waals surface area contributed by atoms with Crippen molar-refractivity contribution in [2.45, 2.75) is 32.7 Å². The van der Waals surface area contributed by atoms with Crippen LogP contribution in [0.25, 0.3) is 5.57 Å². The van der Waals surface area contributed by atoms with Gasteiger partial charge in [-0.2, -0.15) is 10.4 Å². The van der Waals surface area contributed by atoms with Crippen LogP contribution in [0.4, 0.5) is 5.69 Å². The summed E-state index contributed by atoms with van der Waals surface area (Å²) in [6, 6.07) is 5.63. The van der Waals surface area contributed by atoms with Crippen LogP contribution >= 0.6 is 11.6 Å². The van der Waals surface area contributed by atoms with E-state index in [2.05, 4.69) is 42.3 Å². The van der Waals surface area contributed by atoms with Gasteiger partial charge in [-0.15, -0.1) is 0 Å². The largest absolute Gasteiger partial charge is 0.365 e. The molecule has 2 rings (SSSR count). The van der Waals surface area contributed by atoms with E-state index >= 15 is 0 Å². The first-order valence-corrected chi connectivity index (χ1v) is 7.60. The minimum atomic E-state index is -0.449. The Bertz CT molecular complexity index is 744. The van der Waals surface area contributed by atoms with Crippen LogP contribution in [0.3, 0.4) is 0 Å². The number of carbonyl (C=O) groups is 1. The first-order chi connectivity index (χ1) is 10.8. The summed E-state index contributed by atoms with van der Waals surface area (Å²) in [6.07, 6.45) is 3.47. The molecule has 0 radical (unpaired) electrons. The van der Waals surface area contributed by atoms with Gasteiger partial charge < -0.3 is 4.90 Å². The van der Waals surface area contributed by atoms with Gasteiger partial charge in [-0.1, -0.05) is 17.7 Å². The number of nitriles is 1. The lowest BCUT2D eigenvalue weighted by atomic mass is 9.88. The number of halogens is 1. The maximum absolute atomic E-state index is 11.2. The zero-order valence-electron chi connectivity index (χ0n) is 13.6. The Morgan fingerprint density at radius 2 is 2.22 bits per heavy atom. The van der Waals surface area contributed by atoms with Gasteiger partial charge in [-0.25, -0.2) is 5.43 Å². The Hall–Kier alpha value is -2.32. The third-order valence-corrected chi connectivity index (χ3v) is 4.30. The van der Waals surface area contributed by atoms with Crippen molar-refractivity contribution in [3.05, 3.63) is 34.4 Å². The minimum absolute atomic E-state index is 0.0821. The molecule has 0 bridgehead atoms. The molecule has 0 aromatic heterocycles. The highest BCUT2D eigenvalue weighted by atomic mass is 35.5. The van der Waals surface area contributed by atoms with E-state index in [4.69, 9.17) is 16.9 Å². The Labute approximate surface area is 141 Å². The van der Waals surface area contributed by atoms with Crippen molar-refractivity contribution >= 4 is 35.0 Å². The molecule has 1 N–H and O–H groups in total. The molecule has 0 saturated heterocycles. The van der Waals surface area contributed by atoms with E-state index in [9.17, 15) is 4.79 Å². The first-order valence-electron chi connectivity index (χ1n) is 7.22. The smallest absolute Gasteiger partial charge is 0.254 e. The highest BCUT2D eigenvalue weighted by Crippen LogP contribution is 2.40. The van der Waals surface area contributed by atoms with Gasteiger partial charge in [0.15, 0.2) is 0 Å². The molecule has 23 heavy (non-hydrogen) atoms. The lowest BCUT2D eigenvalue weighted by Gasteiger charge is -2.40. The third-order valence-electron chi connectivity index (χ3n) is 3.97. The summed E-state index contributed by atoms with van der Waals surface area (Å²) in [5.41, 5.74) is 6.24. The molecule has 1 heterocycles. The second-order valence-corrected chi connectivity index (χ2v) is 6.47. The predicted octanol–water partition coefficient (Wildman–Crippen LogP) is 3.34. The van der Waals surface area contributed by atoms with Gasteiger partial charge in [0.05, 0.1) is 22.8 Å². The number of carbonyl (C=O) groups excluding carboxylic acids is 1. The van der Waals surface area contributed by atoms with E-state index < -0.39 is 5.91 Å². The van der Waals surface area contributed by atoms with E-state index in [1.807, 2.05) is 19.2 Å². The number of rotatable bonds is 3. The van der Waals surface area contributed by atoms with Gasteiger partial charge in [0, 0.05) is 23.9 Å². The highest BCUT2D eigenvalue weighted by Gasteiger charge is 2.29. The molecule has 1 aromatic carbocycles. The Morgan fingerprint density at radius 3 is 2.87 bits per heavy atom.